The van der Waals surface area contributed by atoms with Gasteiger partial charge in [-0.2, -0.15) is 0 Å². The number of hydrogen-bond donors (Lipinski definition) is 1. The molecule has 94 valence electrons. The van der Waals surface area contributed by atoms with Crippen LogP contribution < -0.4 is 4.74 Å². The van der Waals surface area contributed by atoms with Crippen molar-refractivity contribution in [3.05, 3.63) is 33.9 Å². The number of hydrogen-bond acceptors (Lipinski definition) is 4. The lowest BCUT2D eigenvalue weighted by molar-refractivity contribution is -0.385. The fourth-order valence-corrected chi connectivity index (χ4v) is 1.37. The summed E-state index contributed by atoms with van der Waals surface area (Å²) in [6.07, 6.45) is 0.415. The second-order valence-electron chi connectivity index (χ2n) is 4.59. The lowest BCUT2D eigenvalue weighted by atomic mass is 10.1. The minimum atomic E-state index is -0.836. The van der Waals surface area contributed by atoms with Crippen LogP contribution in [0.1, 0.15) is 25.8 Å². The van der Waals surface area contributed by atoms with Gasteiger partial charge in [0.2, 0.25) is 0 Å². The molecular weight excluding hydrogens is 222 g/mol. The summed E-state index contributed by atoms with van der Waals surface area (Å²) in [6.45, 7) is 5.34. The van der Waals surface area contributed by atoms with E-state index in [0.717, 1.165) is 5.56 Å². The maximum Gasteiger partial charge on any atom is 0.311 e. The zero-order chi connectivity index (χ0) is 13.1. The van der Waals surface area contributed by atoms with Crippen molar-refractivity contribution in [1.82, 2.24) is 0 Å². The van der Waals surface area contributed by atoms with Gasteiger partial charge in [-0.1, -0.05) is 12.1 Å². The Morgan fingerprint density at radius 3 is 2.65 bits per heavy atom. The second-order valence-corrected chi connectivity index (χ2v) is 4.59. The van der Waals surface area contributed by atoms with E-state index < -0.39 is 10.5 Å². The molecule has 0 aliphatic rings. The van der Waals surface area contributed by atoms with Gasteiger partial charge < -0.3 is 9.84 Å². The number of benzene rings is 1. The van der Waals surface area contributed by atoms with Crippen molar-refractivity contribution in [1.29, 1.82) is 0 Å². The quantitative estimate of drug-likeness (QED) is 0.632. The summed E-state index contributed by atoms with van der Waals surface area (Å²) < 4.78 is 5.40. The van der Waals surface area contributed by atoms with Crippen molar-refractivity contribution in [3.8, 4) is 5.75 Å². The molecule has 0 fully saturated rings. The normalized spacial score (nSPS) is 11.3. The number of aliphatic hydroxyl groups is 1. The van der Waals surface area contributed by atoms with Crippen LogP contribution in [-0.2, 0) is 0 Å². The van der Waals surface area contributed by atoms with Gasteiger partial charge in [0.25, 0.3) is 0 Å². The lowest BCUT2D eigenvalue weighted by Gasteiger charge is -2.17. The molecule has 1 aromatic rings. The zero-order valence-electron chi connectivity index (χ0n) is 10.3. The molecular formula is C12H17NO4. The maximum atomic E-state index is 10.8. The molecule has 17 heavy (non-hydrogen) atoms. The van der Waals surface area contributed by atoms with Crippen LogP contribution in [0.15, 0.2) is 18.2 Å². The van der Waals surface area contributed by atoms with Gasteiger partial charge in [0.05, 0.1) is 17.1 Å². The van der Waals surface area contributed by atoms with Gasteiger partial charge >= 0.3 is 5.69 Å². The highest BCUT2D eigenvalue weighted by Gasteiger charge is 2.18. The Morgan fingerprint density at radius 1 is 1.47 bits per heavy atom. The topological polar surface area (TPSA) is 72.6 Å². The van der Waals surface area contributed by atoms with E-state index in [-0.39, 0.29) is 18.0 Å². The first-order valence-corrected chi connectivity index (χ1v) is 5.40. The van der Waals surface area contributed by atoms with Crippen molar-refractivity contribution in [2.24, 2.45) is 0 Å². The summed E-state index contributed by atoms with van der Waals surface area (Å²) in [4.78, 5) is 10.3. The maximum absolute atomic E-state index is 10.8. The van der Waals surface area contributed by atoms with Gasteiger partial charge in [-0.05, 0) is 26.3 Å². The molecule has 0 aromatic heterocycles. The van der Waals surface area contributed by atoms with Crippen molar-refractivity contribution in [2.45, 2.75) is 32.8 Å². The van der Waals surface area contributed by atoms with Gasteiger partial charge in [0.1, 0.15) is 0 Å². The molecule has 0 saturated heterocycles. The smallest absolute Gasteiger partial charge is 0.311 e. The fraction of sp³-hybridized carbons (Fsp3) is 0.500. The zero-order valence-corrected chi connectivity index (χ0v) is 10.3. The van der Waals surface area contributed by atoms with Crippen LogP contribution >= 0.6 is 0 Å². The molecule has 0 unspecified atom stereocenters. The highest BCUT2D eigenvalue weighted by molar-refractivity contribution is 5.51. The number of nitro benzene ring substituents is 1. The average Bonchev–Trinajstić information content (AvgIpc) is 2.18. The molecule has 0 heterocycles. The minimum Gasteiger partial charge on any atom is -0.487 e. The number of nitrogens with zero attached hydrogens (tertiary/aromatic N) is 1. The Morgan fingerprint density at radius 2 is 2.12 bits per heavy atom. The number of rotatable bonds is 5. The van der Waals surface area contributed by atoms with Crippen LogP contribution in [-0.4, -0.2) is 22.2 Å². The van der Waals surface area contributed by atoms with Crippen molar-refractivity contribution < 1.29 is 14.8 Å². The van der Waals surface area contributed by atoms with Crippen LogP contribution in [0, 0.1) is 17.0 Å². The van der Waals surface area contributed by atoms with E-state index in [2.05, 4.69) is 0 Å². The van der Waals surface area contributed by atoms with Gasteiger partial charge in [-0.15, -0.1) is 0 Å². The SMILES string of the molecule is Cc1cccc([N+](=O)[O-])c1OCCC(C)(C)O. The van der Waals surface area contributed by atoms with Gasteiger partial charge in [0.15, 0.2) is 5.75 Å². The monoisotopic (exact) mass is 239 g/mol. The molecule has 0 aliphatic heterocycles. The first-order chi connectivity index (χ1) is 7.81. The van der Waals surface area contributed by atoms with E-state index in [4.69, 9.17) is 4.74 Å². The number of aryl methyl sites for hydroxylation is 1. The van der Waals surface area contributed by atoms with E-state index in [1.165, 1.54) is 6.07 Å². The third-order valence-electron chi connectivity index (χ3n) is 2.35. The molecule has 0 atom stereocenters. The number of nitro groups is 1. The molecule has 1 rings (SSSR count). The van der Waals surface area contributed by atoms with Crippen LogP contribution in [0.2, 0.25) is 0 Å². The molecule has 0 amide bonds. The molecule has 5 heteroatoms. The van der Waals surface area contributed by atoms with Crippen LogP contribution in [0.4, 0.5) is 5.69 Å². The Bertz CT molecular complexity index is 409. The van der Waals surface area contributed by atoms with Gasteiger partial charge in [-0.3, -0.25) is 10.1 Å². The van der Waals surface area contributed by atoms with Gasteiger partial charge in [0, 0.05) is 12.5 Å². The average molecular weight is 239 g/mol. The summed E-state index contributed by atoms with van der Waals surface area (Å²) in [7, 11) is 0. The molecule has 0 saturated carbocycles. The second kappa shape index (κ2) is 5.14. The highest BCUT2D eigenvalue weighted by Crippen LogP contribution is 2.30. The molecule has 5 nitrogen and oxygen atoms in total. The van der Waals surface area contributed by atoms with E-state index in [1.807, 2.05) is 0 Å². The van der Waals surface area contributed by atoms with Crippen LogP contribution in [0.25, 0.3) is 0 Å². The summed E-state index contributed by atoms with van der Waals surface area (Å²) in [5, 5.41) is 20.3. The molecule has 0 bridgehead atoms. The minimum absolute atomic E-state index is 0.0410. The third kappa shape index (κ3) is 4.03. The fourth-order valence-electron chi connectivity index (χ4n) is 1.37. The molecule has 0 aliphatic carbocycles. The molecule has 0 spiro atoms. The Labute approximate surface area is 100 Å². The van der Waals surface area contributed by atoms with Gasteiger partial charge in [-0.25, -0.2) is 0 Å². The van der Waals surface area contributed by atoms with Crippen molar-refractivity contribution in [3.63, 3.8) is 0 Å². The lowest BCUT2D eigenvalue weighted by Crippen LogP contribution is -2.22. The summed E-state index contributed by atoms with van der Waals surface area (Å²) in [5.41, 5.74) is -0.159. The predicted molar refractivity (Wildman–Crippen MR) is 64.2 cm³/mol. The summed E-state index contributed by atoms with van der Waals surface area (Å²) in [6, 6.07) is 4.79. The van der Waals surface area contributed by atoms with Crippen LogP contribution in [0.3, 0.4) is 0 Å². The predicted octanol–water partition coefficient (Wildman–Crippen LogP) is 2.44. The van der Waals surface area contributed by atoms with E-state index in [0.29, 0.717) is 6.42 Å². The van der Waals surface area contributed by atoms with Crippen molar-refractivity contribution in [2.75, 3.05) is 6.61 Å². The molecule has 1 N–H and O–H groups in total. The summed E-state index contributed by atoms with van der Waals surface area (Å²) in [5.74, 6) is 0.279. The largest absolute Gasteiger partial charge is 0.487 e. The van der Waals surface area contributed by atoms with E-state index >= 15 is 0 Å². The van der Waals surface area contributed by atoms with Crippen molar-refractivity contribution >= 4 is 5.69 Å². The number of para-hydroxylation sites is 1. The first-order valence-electron chi connectivity index (χ1n) is 5.40. The van der Waals surface area contributed by atoms with E-state index in [9.17, 15) is 15.2 Å². The standard InChI is InChI=1S/C12H17NO4/c1-9-5-4-6-10(13(15)16)11(9)17-8-7-12(2,3)14/h4-6,14H,7-8H2,1-3H3. The Kier molecular flexibility index (Phi) is 4.07. The summed E-state index contributed by atoms with van der Waals surface area (Å²) >= 11 is 0. The highest BCUT2D eigenvalue weighted by atomic mass is 16.6. The van der Waals surface area contributed by atoms with Crippen LogP contribution in [0.5, 0.6) is 5.75 Å². The Balaban J connectivity index is 2.79. The molecule has 0 radical (unpaired) electrons. The molecule has 1 aromatic carbocycles. The number of ether oxygens (including phenoxy) is 1. The first kappa shape index (κ1) is 13.4. The third-order valence-corrected chi connectivity index (χ3v) is 2.35. The van der Waals surface area contributed by atoms with E-state index in [1.54, 1.807) is 32.9 Å². The Hall–Kier alpha value is -1.62.